The van der Waals surface area contributed by atoms with E-state index in [2.05, 4.69) is 0 Å². The topological polar surface area (TPSA) is 66.8 Å². The lowest BCUT2D eigenvalue weighted by Crippen LogP contribution is -2.47. The second-order valence-corrected chi connectivity index (χ2v) is 6.52. The first-order valence-corrected chi connectivity index (χ1v) is 7.31. The van der Waals surface area contributed by atoms with E-state index in [9.17, 15) is 14.7 Å². The molecule has 2 aliphatic carbocycles. The van der Waals surface area contributed by atoms with Gasteiger partial charge in [0.1, 0.15) is 6.04 Å². The first-order valence-electron chi connectivity index (χ1n) is 7.31. The van der Waals surface area contributed by atoms with Crippen LogP contribution in [-0.2, 0) is 14.3 Å². The van der Waals surface area contributed by atoms with Gasteiger partial charge < -0.3 is 14.7 Å². The summed E-state index contributed by atoms with van der Waals surface area (Å²) in [4.78, 5) is 25.7. The number of nitrogens with zero attached hydrogens (tertiary/aromatic N) is 1. The highest BCUT2D eigenvalue weighted by molar-refractivity contribution is 5.86. The number of fused-ring (bicyclic) bond motifs is 2. The van der Waals surface area contributed by atoms with Gasteiger partial charge in [-0.25, -0.2) is 4.79 Å². The van der Waals surface area contributed by atoms with Crippen molar-refractivity contribution in [3.05, 3.63) is 0 Å². The van der Waals surface area contributed by atoms with Gasteiger partial charge in [0.15, 0.2) is 0 Å². The third kappa shape index (κ3) is 1.71. The van der Waals surface area contributed by atoms with Gasteiger partial charge in [-0.15, -0.1) is 0 Å². The maximum absolute atomic E-state index is 12.7. The quantitative estimate of drug-likeness (QED) is 0.804. The Labute approximate surface area is 111 Å². The molecule has 104 valence electrons. The first kappa shape index (κ1) is 11.7. The van der Waals surface area contributed by atoms with Gasteiger partial charge in [-0.1, -0.05) is 0 Å². The van der Waals surface area contributed by atoms with Crippen LogP contribution in [0.4, 0.5) is 0 Å². The molecule has 6 atom stereocenters. The van der Waals surface area contributed by atoms with Crippen LogP contribution < -0.4 is 0 Å². The van der Waals surface area contributed by atoms with Gasteiger partial charge in [0.05, 0.1) is 12.1 Å². The number of likely N-dealkylation sites (tertiary alicyclic amines) is 1. The zero-order chi connectivity index (χ0) is 13.1. The molecule has 4 fully saturated rings. The number of carboxylic acid groups (broad SMARTS) is 1. The molecule has 0 aromatic rings. The summed E-state index contributed by atoms with van der Waals surface area (Å²) in [6.45, 7) is 0.654. The average Bonchev–Trinajstić information content (AvgIpc) is 2.80. The molecule has 0 aromatic heterocycles. The number of ether oxygens (including phenoxy) is 1. The molecule has 2 aliphatic heterocycles. The summed E-state index contributed by atoms with van der Waals surface area (Å²) in [6.07, 6.45) is 4.43. The molecule has 5 nitrogen and oxygen atoms in total. The summed E-state index contributed by atoms with van der Waals surface area (Å²) in [6, 6.07) is -0.662. The molecular weight excluding hydrogens is 246 g/mol. The van der Waals surface area contributed by atoms with Crippen LogP contribution in [0.2, 0.25) is 0 Å². The minimum Gasteiger partial charge on any atom is -0.480 e. The van der Waals surface area contributed by atoms with Crippen LogP contribution in [-0.4, -0.2) is 46.7 Å². The number of rotatable bonds is 2. The van der Waals surface area contributed by atoms with E-state index in [0.717, 1.165) is 31.1 Å². The van der Waals surface area contributed by atoms with Crippen molar-refractivity contribution in [1.82, 2.24) is 4.90 Å². The molecule has 1 amide bonds. The molecule has 19 heavy (non-hydrogen) atoms. The molecule has 0 spiro atoms. The Morgan fingerprint density at radius 2 is 1.84 bits per heavy atom. The van der Waals surface area contributed by atoms with E-state index in [1.54, 1.807) is 4.90 Å². The van der Waals surface area contributed by atoms with Crippen molar-refractivity contribution in [1.29, 1.82) is 0 Å². The fourth-order valence-electron chi connectivity index (χ4n) is 4.41. The normalized spacial score (nSPS) is 47.1. The zero-order valence-corrected chi connectivity index (χ0v) is 10.8. The summed E-state index contributed by atoms with van der Waals surface area (Å²) in [5.41, 5.74) is 0. The van der Waals surface area contributed by atoms with E-state index in [0.29, 0.717) is 13.0 Å². The number of amides is 1. The van der Waals surface area contributed by atoms with Gasteiger partial charge in [-0.2, -0.15) is 0 Å². The summed E-state index contributed by atoms with van der Waals surface area (Å²) >= 11 is 0. The lowest BCUT2D eigenvalue weighted by Gasteiger charge is -2.29. The van der Waals surface area contributed by atoms with E-state index in [4.69, 9.17) is 4.74 Å². The van der Waals surface area contributed by atoms with Gasteiger partial charge in [-0.3, -0.25) is 4.79 Å². The fourth-order valence-corrected chi connectivity index (χ4v) is 4.41. The predicted octanol–water partition coefficient (Wildman–Crippen LogP) is 0.875. The number of aliphatic carboxylic acids is 1. The molecule has 0 radical (unpaired) electrons. The van der Waals surface area contributed by atoms with Gasteiger partial charge >= 0.3 is 5.97 Å². The Kier molecular flexibility index (Phi) is 2.43. The van der Waals surface area contributed by atoms with Crippen LogP contribution >= 0.6 is 0 Å². The molecule has 5 heteroatoms. The Morgan fingerprint density at radius 3 is 2.53 bits per heavy atom. The highest BCUT2D eigenvalue weighted by Crippen LogP contribution is 2.55. The van der Waals surface area contributed by atoms with Crippen molar-refractivity contribution in [3.63, 3.8) is 0 Å². The number of carbonyl (C=O) groups is 2. The summed E-state index contributed by atoms with van der Waals surface area (Å²) < 4.78 is 5.57. The summed E-state index contributed by atoms with van der Waals surface area (Å²) in [5, 5.41) is 9.34. The lowest BCUT2D eigenvalue weighted by molar-refractivity contribution is -0.151. The van der Waals surface area contributed by atoms with Crippen LogP contribution in [0.3, 0.4) is 0 Å². The van der Waals surface area contributed by atoms with Gasteiger partial charge in [0.2, 0.25) is 5.91 Å². The number of hydrogen-bond donors (Lipinski definition) is 1. The number of carboxylic acids is 1. The van der Waals surface area contributed by atoms with Crippen molar-refractivity contribution in [3.8, 4) is 0 Å². The van der Waals surface area contributed by atoms with Crippen molar-refractivity contribution >= 4 is 11.9 Å². The van der Waals surface area contributed by atoms with Crippen LogP contribution in [0.25, 0.3) is 0 Å². The zero-order valence-electron chi connectivity index (χ0n) is 10.8. The summed E-state index contributed by atoms with van der Waals surface area (Å²) in [5.74, 6) is 0.767. The van der Waals surface area contributed by atoms with E-state index < -0.39 is 12.0 Å². The Balaban J connectivity index is 1.55. The van der Waals surface area contributed by atoms with E-state index >= 15 is 0 Å². The Hall–Kier alpha value is -1.10. The van der Waals surface area contributed by atoms with Gasteiger partial charge in [-0.05, 0) is 37.5 Å². The summed E-state index contributed by atoms with van der Waals surface area (Å²) in [7, 11) is 0. The monoisotopic (exact) mass is 265 g/mol. The van der Waals surface area contributed by atoms with Crippen molar-refractivity contribution in [2.45, 2.75) is 50.3 Å². The largest absolute Gasteiger partial charge is 0.480 e. The van der Waals surface area contributed by atoms with Crippen molar-refractivity contribution in [2.24, 2.45) is 17.8 Å². The lowest BCUT2D eigenvalue weighted by atomic mass is 10.0. The third-order valence-electron chi connectivity index (χ3n) is 5.46. The minimum atomic E-state index is -0.880. The molecule has 4 aliphatic rings. The number of hydrogen-bond acceptors (Lipinski definition) is 3. The highest BCUT2D eigenvalue weighted by atomic mass is 16.5. The van der Waals surface area contributed by atoms with Crippen LogP contribution in [0.15, 0.2) is 0 Å². The molecule has 0 bridgehead atoms. The Morgan fingerprint density at radius 1 is 1.11 bits per heavy atom. The number of carbonyl (C=O) groups excluding carboxylic acids is 1. The minimum absolute atomic E-state index is 0.00512. The molecule has 2 heterocycles. The Bertz CT molecular complexity index is 427. The molecule has 2 saturated heterocycles. The maximum Gasteiger partial charge on any atom is 0.326 e. The van der Waals surface area contributed by atoms with Crippen LogP contribution in [0.1, 0.15) is 32.1 Å². The van der Waals surface area contributed by atoms with E-state index in [1.807, 2.05) is 0 Å². The fraction of sp³-hybridized carbons (Fsp3) is 0.857. The van der Waals surface area contributed by atoms with E-state index in [-0.39, 0.29) is 24.0 Å². The molecule has 1 unspecified atom stereocenters. The van der Waals surface area contributed by atoms with Crippen molar-refractivity contribution < 1.29 is 19.4 Å². The SMILES string of the molecule is O=C(O)[C@@H]1C[C@@H]2OCC[C@@H]2N1C(=O)C1C[C@@H]2C[C@@H]2C1. The molecule has 1 N–H and O–H groups in total. The van der Waals surface area contributed by atoms with Crippen LogP contribution in [0.5, 0.6) is 0 Å². The molecule has 0 aromatic carbocycles. The smallest absolute Gasteiger partial charge is 0.326 e. The standard InChI is InChI=1S/C14H19NO4/c16-13(9-4-7-3-8(7)5-9)15-10-1-2-19-12(10)6-11(15)14(17)18/h7-12H,1-6H2,(H,17,18)/t7-,8+,9?,10-,11-,12-/m0/s1. The molecular formula is C14H19NO4. The second kappa shape index (κ2) is 3.95. The first-order chi connectivity index (χ1) is 9.15. The second-order valence-electron chi connectivity index (χ2n) is 6.52. The highest BCUT2D eigenvalue weighted by Gasteiger charge is 2.54. The van der Waals surface area contributed by atoms with Gasteiger partial charge in [0.25, 0.3) is 0 Å². The molecule has 2 saturated carbocycles. The van der Waals surface area contributed by atoms with Gasteiger partial charge in [0, 0.05) is 18.9 Å². The maximum atomic E-state index is 12.7. The predicted molar refractivity (Wildman–Crippen MR) is 65.4 cm³/mol. The third-order valence-corrected chi connectivity index (χ3v) is 5.46. The molecule has 4 rings (SSSR count). The van der Waals surface area contributed by atoms with Crippen molar-refractivity contribution in [2.75, 3.05) is 6.61 Å². The van der Waals surface area contributed by atoms with Crippen LogP contribution in [0, 0.1) is 17.8 Å². The average molecular weight is 265 g/mol. The van der Waals surface area contributed by atoms with E-state index in [1.165, 1.54) is 6.42 Å².